The van der Waals surface area contributed by atoms with Crippen LogP contribution in [0.15, 0.2) is 214 Å². The quantitative estimate of drug-likeness (QED) is 0.0199. The van der Waals surface area contributed by atoms with Crippen LogP contribution in [0.2, 0.25) is 10.0 Å². The molecule has 35 nitrogen and oxygen atoms in total. The van der Waals surface area contributed by atoms with Gasteiger partial charge in [0.05, 0.1) is 94.8 Å². The summed E-state index contributed by atoms with van der Waals surface area (Å²) < 4.78 is 14.7. The molecular weight excluding hydrogens is 1890 g/mol. The SMILES string of the molecule is CN(C)CCc1nc(-c2cc(C(=O)O)ccc2Cl)c(-c2ccnc3[nH]ccc23)[nH]1.CN(C)CCc1nc(-c2cc(C(=O)O)ccc2F)c(-c2ccnc3[nH]ccc23)[nH]1.CN(C)CCc1nc(-c2ccnc3[nH]ccc23)c(-c2cccc(C(=O)O)c2Cl)[nH]1.Cc1c(C(=O)O)cccc1-c1[nH]c(CCN(C)C)nc1-c1ccnc2[nH]ccc12.Cc1ccc(C(=O)O)cc1-c1nc(CCN(C)C)[nH]c1-c1ccnc2[nH]ccc12. The van der Waals surface area contributed by atoms with Gasteiger partial charge in [0.25, 0.3) is 0 Å². The summed E-state index contributed by atoms with van der Waals surface area (Å²) in [6, 6.07) is 43.2. The minimum absolute atomic E-state index is 0.00621. The van der Waals surface area contributed by atoms with E-state index in [-0.39, 0.29) is 32.8 Å². The van der Waals surface area contributed by atoms with Gasteiger partial charge < -0.3 is 99.9 Å². The number of carbonyl (C=O) groups is 5. The number of likely N-dealkylation sites (N-methyl/N-ethyl adjacent to an activating group) is 5. The van der Waals surface area contributed by atoms with E-state index in [1.54, 1.807) is 85.7 Å². The van der Waals surface area contributed by atoms with Crippen LogP contribution in [-0.2, 0) is 32.1 Å². The molecule has 0 saturated carbocycles. The largest absolute Gasteiger partial charge is 0.478 e. The van der Waals surface area contributed by atoms with Gasteiger partial charge in [-0.1, -0.05) is 53.5 Å². The van der Waals surface area contributed by atoms with E-state index in [2.05, 4.69) is 99.3 Å². The number of imidazole rings is 5. The fraction of sp³-hybridized carbons (Fsp3) is 0.206. The molecule has 0 aliphatic carbocycles. The Bertz CT molecular complexity index is 7210. The van der Waals surface area contributed by atoms with Gasteiger partial charge in [-0.05, 0) is 217 Å². The predicted molar refractivity (Wildman–Crippen MR) is 561 cm³/mol. The number of aryl methyl sites for hydroxylation is 1. The zero-order valence-electron chi connectivity index (χ0n) is 81.4. The van der Waals surface area contributed by atoms with Gasteiger partial charge in [-0.15, -0.1) is 0 Å². The smallest absolute Gasteiger partial charge is 0.337 e. The predicted octanol–water partition coefficient (Wildman–Crippen LogP) is 19.2. The fourth-order valence-corrected chi connectivity index (χ4v) is 17.4. The molecule has 15 N–H and O–H groups in total. The van der Waals surface area contributed by atoms with E-state index in [0.717, 1.165) is 216 Å². The highest BCUT2D eigenvalue weighted by Crippen LogP contribution is 2.44. The molecule has 0 aliphatic heterocycles. The Kier molecular flexibility index (Phi) is 31.1. The maximum Gasteiger partial charge on any atom is 0.337 e. The number of hydrogen-bond donors (Lipinski definition) is 15. The third-order valence-electron chi connectivity index (χ3n) is 24.4. The number of fused-ring (bicyclic) bond motifs is 5. The molecule has 0 aliphatic rings. The van der Waals surface area contributed by atoms with Crippen molar-refractivity contribution in [2.75, 3.05) is 103 Å². The number of rotatable bonds is 30. The number of H-pyrrole nitrogens is 10. The second kappa shape index (κ2) is 44.6. The van der Waals surface area contributed by atoms with Gasteiger partial charge in [-0.25, -0.2) is 78.2 Å². The molecule has 38 heteroatoms. The van der Waals surface area contributed by atoms with Gasteiger partial charge in [0.1, 0.15) is 63.2 Å². The molecule has 0 spiro atoms. The third kappa shape index (κ3) is 22.9. The molecule has 0 radical (unpaired) electrons. The number of carboxylic acid groups (broad SMARTS) is 5. The third-order valence-corrected chi connectivity index (χ3v) is 25.1. The average molecular weight is 1990 g/mol. The molecule has 145 heavy (non-hydrogen) atoms. The monoisotopic (exact) mass is 1990 g/mol. The molecule has 0 atom stereocenters. The van der Waals surface area contributed by atoms with Crippen molar-refractivity contribution in [1.82, 2.24) is 124 Å². The number of aromatic amines is 10. The molecule has 0 saturated heterocycles. The van der Waals surface area contributed by atoms with Gasteiger partial charge in [0.2, 0.25) is 0 Å². The van der Waals surface area contributed by atoms with E-state index < -0.39 is 35.7 Å². The summed E-state index contributed by atoms with van der Waals surface area (Å²) in [6.45, 7) is 7.93. The van der Waals surface area contributed by atoms with Crippen LogP contribution in [0.3, 0.4) is 0 Å². The standard InChI is InChI=1S/2C22H23N5O2.2C21H20ClN5O2.C21H20FN5O2/c1-13-4-5-14(22(28)29)12-17(13)20-19(25-18(26-20)8-11-27(2)3)15-6-9-23-21-16(15)7-10-24-21;1-13-14(5-4-6-15(13)22(28)29)19-20(26-18(25-19)9-12-27(2)3)16-7-10-23-21-17(16)8-11-24-21;1-27(2)10-7-17-25-18(13-5-8-23-20-14(13)6-9-24-20)19(26-17)15-11-12(21(28)29)3-4-16(15)22;1-27(2)11-8-16-25-18(12-6-9-23-20-13(12)7-10-24-20)19(26-16)14-4-3-5-15(17(14)22)21(28)29;1-27(2)10-7-17-25-18(13-5-8-23-20-14(13)6-9-24-20)19(26-17)15-11-12(21(28)29)3-4-16(15)22/h4-7,9-10,12H,8,11H2,1-3H3,(H,23,24)(H,25,26)(H,28,29);4-8,10-11H,9,12H2,1-3H3,(H,23,24)(H,25,26)(H,28,29);3-6,8-9,11H,7,10H2,1-2H3,(H,23,24)(H,25,26)(H,28,29);3-7,9-10H,8,11H2,1-2H3,(H,23,24)(H,25,26)(H,28,29);3-6,8-9,11H,7,10H2,1-2H3,(H,23,24)(H,25,26)(H,28,29). The van der Waals surface area contributed by atoms with Crippen LogP contribution in [0, 0.1) is 19.7 Å². The van der Waals surface area contributed by atoms with E-state index >= 15 is 0 Å². The van der Waals surface area contributed by atoms with Gasteiger partial charge in [-0.3, -0.25) is 0 Å². The molecule has 740 valence electrons. The Balaban J connectivity index is 0.000000130. The summed E-state index contributed by atoms with van der Waals surface area (Å²) in [5.74, 6) is -1.56. The van der Waals surface area contributed by atoms with E-state index in [0.29, 0.717) is 67.9 Å². The van der Waals surface area contributed by atoms with Gasteiger partial charge in [0, 0.05) is 209 Å². The first-order valence-electron chi connectivity index (χ1n) is 46.3. The van der Waals surface area contributed by atoms with Crippen molar-refractivity contribution in [2.45, 2.75) is 46.0 Å². The highest BCUT2D eigenvalue weighted by molar-refractivity contribution is 6.36. The van der Waals surface area contributed by atoms with Crippen molar-refractivity contribution in [3.63, 3.8) is 0 Å². The maximum atomic E-state index is 14.7. The van der Waals surface area contributed by atoms with Crippen LogP contribution in [0.1, 0.15) is 92.0 Å². The van der Waals surface area contributed by atoms with Gasteiger partial charge in [0.15, 0.2) is 0 Å². The number of nitrogens with zero attached hydrogens (tertiary/aromatic N) is 15. The van der Waals surface area contributed by atoms with Crippen molar-refractivity contribution in [3.05, 3.63) is 298 Å². The fourth-order valence-electron chi connectivity index (χ4n) is 16.9. The van der Waals surface area contributed by atoms with E-state index in [1.807, 2.05) is 187 Å². The number of aromatic carboxylic acids is 5. The summed E-state index contributed by atoms with van der Waals surface area (Å²) in [5.41, 5.74) is 20.9. The summed E-state index contributed by atoms with van der Waals surface area (Å²) in [6.07, 6.45) is 21.4. The van der Waals surface area contributed by atoms with Crippen LogP contribution in [0.4, 0.5) is 4.39 Å². The average Bonchev–Trinajstić information content (AvgIpc) is 1.65. The highest BCUT2D eigenvalue weighted by atomic mass is 35.5. The number of pyridine rings is 5. The number of benzene rings is 5. The van der Waals surface area contributed by atoms with Crippen molar-refractivity contribution in [3.8, 4) is 113 Å². The second-order valence-corrected chi connectivity index (χ2v) is 36.7. The Morgan fingerprint density at radius 3 is 0.938 bits per heavy atom. The molecule has 5 aromatic carbocycles. The zero-order valence-corrected chi connectivity index (χ0v) is 82.9. The van der Waals surface area contributed by atoms with E-state index in [9.17, 15) is 53.9 Å². The summed E-state index contributed by atoms with van der Waals surface area (Å²) in [4.78, 5) is 146. The topological polar surface area (TPSA) is 490 Å². The second-order valence-electron chi connectivity index (χ2n) is 35.9. The van der Waals surface area contributed by atoms with Crippen LogP contribution >= 0.6 is 23.2 Å². The number of carboxylic acids is 5. The number of nitrogens with one attached hydrogen (secondary N) is 10. The molecule has 15 heterocycles. The lowest BCUT2D eigenvalue weighted by Crippen LogP contribution is -2.15. The van der Waals surface area contributed by atoms with E-state index in [4.69, 9.17) is 43.1 Å². The summed E-state index contributed by atoms with van der Waals surface area (Å²) in [5, 5.41) is 52.5. The molecule has 15 aromatic heterocycles. The Labute approximate surface area is 840 Å². The van der Waals surface area contributed by atoms with Crippen molar-refractivity contribution in [2.24, 2.45) is 0 Å². The van der Waals surface area contributed by atoms with Crippen molar-refractivity contribution >= 4 is 108 Å². The molecule has 0 amide bonds. The minimum Gasteiger partial charge on any atom is -0.478 e. The molecular formula is C107H106Cl2FN25O10. The lowest BCUT2D eigenvalue weighted by molar-refractivity contribution is 0.0685. The Morgan fingerprint density at radius 2 is 0.586 bits per heavy atom. The lowest BCUT2D eigenvalue weighted by Gasteiger charge is -2.10. The Morgan fingerprint density at radius 1 is 0.303 bits per heavy atom. The Hall–Kier alpha value is -16.7. The van der Waals surface area contributed by atoms with Crippen LogP contribution in [0.25, 0.3) is 168 Å². The minimum atomic E-state index is -1.12. The first-order valence-corrected chi connectivity index (χ1v) is 47.0. The molecule has 0 unspecified atom stereocenters. The van der Waals surface area contributed by atoms with Gasteiger partial charge in [-0.2, -0.15) is 0 Å². The van der Waals surface area contributed by atoms with E-state index in [1.165, 1.54) is 24.3 Å². The van der Waals surface area contributed by atoms with Gasteiger partial charge >= 0.3 is 29.8 Å². The first kappa shape index (κ1) is 101. The highest BCUT2D eigenvalue weighted by Gasteiger charge is 2.29. The number of aromatic nitrogens is 20. The summed E-state index contributed by atoms with van der Waals surface area (Å²) >= 11 is 12.9. The van der Waals surface area contributed by atoms with Crippen molar-refractivity contribution in [1.29, 1.82) is 0 Å². The molecule has 20 rings (SSSR count). The number of halogens is 3. The molecule has 20 aromatic rings. The maximum absolute atomic E-state index is 14.7. The van der Waals surface area contributed by atoms with Crippen molar-refractivity contribution < 1.29 is 53.9 Å². The van der Waals surface area contributed by atoms with Crippen LogP contribution < -0.4 is 0 Å². The summed E-state index contributed by atoms with van der Waals surface area (Å²) in [7, 11) is 20.0. The molecule has 0 fully saturated rings. The van der Waals surface area contributed by atoms with Crippen LogP contribution in [-0.4, -0.2) is 283 Å². The van der Waals surface area contributed by atoms with Crippen LogP contribution in [0.5, 0.6) is 0 Å². The lowest BCUT2D eigenvalue weighted by atomic mass is 9.97. The number of hydrogen-bond acceptors (Lipinski definition) is 20. The molecule has 0 bridgehead atoms. The first-order chi connectivity index (χ1) is 69.7. The normalized spacial score (nSPS) is 11.4. The zero-order chi connectivity index (χ0) is 103.